The van der Waals surface area contributed by atoms with E-state index in [0.717, 1.165) is 19.4 Å². The van der Waals surface area contributed by atoms with Gasteiger partial charge in [0.05, 0.1) is 0 Å². The zero-order valence-electron chi connectivity index (χ0n) is 11.5. The van der Waals surface area contributed by atoms with Crippen LogP contribution in [-0.2, 0) is 6.42 Å². The van der Waals surface area contributed by atoms with Crippen LogP contribution in [0.25, 0.3) is 0 Å². The summed E-state index contributed by atoms with van der Waals surface area (Å²) in [5.74, 6) is 0. The predicted molar refractivity (Wildman–Crippen MR) is 74.6 cm³/mol. The second-order valence-electron chi connectivity index (χ2n) is 4.68. The minimum Gasteiger partial charge on any atom is -0.309 e. The molecule has 0 bridgehead atoms. The van der Waals surface area contributed by atoms with Crippen molar-refractivity contribution < 1.29 is 13.2 Å². The van der Waals surface area contributed by atoms with E-state index in [2.05, 4.69) is 25.2 Å². The molecule has 0 spiro atoms. The molecule has 1 nitrogen and oxygen atoms in total. The lowest BCUT2D eigenvalue weighted by Gasteiger charge is -2.19. The van der Waals surface area contributed by atoms with Crippen molar-refractivity contribution in [2.24, 2.45) is 0 Å². The van der Waals surface area contributed by atoms with Crippen LogP contribution in [0.3, 0.4) is 0 Å². The van der Waals surface area contributed by atoms with Gasteiger partial charge < -0.3 is 5.32 Å². The highest BCUT2D eigenvalue weighted by Crippen LogP contribution is 2.31. The molecule has 0 aliphatic rings. The molecule has 0 saturated carbocycles. The number of nitrogens with one attached hydrogen (secondary N) is 1. The number of aryl methyl sites for hydroxylation is 1. The van der Waals surface area contributed by atoms with Gasteiger partial charge in [0.15, 0.2) is 0 Å². The Hall–Kier alpha value is -0.550. The van der Waals surface area contributed by atoms with Gasteiger partial charge in [-0.3, -0.25) is 0 Å². The third-order valence-corrected chi connectivity index (χ3v) is 4.14. The Bertz CT molecular complexity index is 360. The molecule has 1 atom stereocenters. The molecule has 0 saturated heterocycles. The fraction of sp³-hybridized carbons (Fsp3) is 0.714. The first-order chi connectivity index (χ1) is 8.98. The zero-order chi connectivity index (χ0) is 14.3. The van der Waals surface area contributed by atoms with Crippen molar-refractivity contribution in [1.82, 2.24) is 5.32 Å². The third kappa shape index (κ3) is 5.95. The van der Waals surface area contributed by atoms with Crippen LogP contribution < -0.4 is 5.32 Å². The summed E-state index contributed by atoms with van der Waals surface area (Å²) in [6, 6.07) is 2.14. The summed E-state index contributed by atoms with van der Waals surface area (Å²) in [4.78, 5) is 1.21. The summed E-state index contributed by atoms with van der Waals surface area (Å²) >= 11 is 1.65. The van der Waals surface area contributed by atoms with Crippen molar-refractivity contribution in [2.75, 3.05) is 6.54 Å². The third-order valence-electron chi connectivity index (χ3n) is 3.07. The molecule has 1 heterocycles. The van der Waals surface area contributed by atoms with Gasteiger partial charge in [0.25, 0.3) is 0 Å². The smallest absolute Gasteiger partial charge is 0.309 e. The zero-order valence-corrected chi connectivity index (χ0v) is 12.3. The Morgan fingerprint density at radius 3 is 2.63 bits per heavy atom. The Balaban J connectivity index is 2.61. The molecule has 0 radical (unpaired) electrons. The quantitative estimate of drug-likeness (QED) is 0.704. The topological polar surface area (TPSA) is 12.0 Å². The van der Waals surface area contributed by atoms with Gasteiger partial charge in [-0.05, 0) is 49.2 Å². The molecule has 110 valence electrons. The standard InChI is InChI=1S/C14H22F3NS/c1-3-9-18-12(6-5-8-14(15,16)17)13-11(4-2)7-10-19-13/h7,10,12,18H,3-6,8-9H2,1-2H3. The number of thiophene rings is 1. The van der Waals surface area contributed by atoms with Crippen LogP contribution in [0.2, 0.25) is 0 Å². The number of alkyl halides is 3. The molecular formula is C14H22F3NS. The van der Waals surface area contributed by atoms with Crippen molar-refractivity contribution in [3.05, 3.63) is 21.9 Å². The summed E-state index contributed by atoms with van der Waals surface area (Å²) in [5.41, 5.74) is 1.26. The van der Waals surface area contributed by atoms with Crippen LogP contribution in [0.5, 0.6) is 0 Å². The second-order valence-corrected chi connectivity index (χ2v) is 5.63. The van der Waals surface area contributed by atoms with Crippen LogP contribution in [0.4, 0.5) is 13.2 Å². The van der Waals surface area contributed by atoms with Crippen LogP contribution in [0, 0.1) is 0 Å². The minimum absolute atomic E-state index is 0.0669. The maximum absolute atomic E-state index is 12.2. The normalized spacial score (nSPS) is 13.7. The molecule has 0 aliphatic carbocycles. The first-order valence-electron chi connectivity index (χ1n) is 6.84. The summed E-state index contributed by atoms with van der Waals surface area (Å²) in [6.45, 7) is 4.99. The van der Waals surface area contributed by atoms with Crippen LogP contribution in [0.1, 0.15) is 56.0 Å². The lowest BCUT2D eigenvalue weighted by molar-refractivity contribution is -0.135. The lowest BCUT2D eigenvalue weighted by Crippen LogP contribution is -2.22. The Morgan fingerprint density at radius 1 is 1.32 bits per heavy atom. The van der Waals surface area contributed by atoms with Gasteiger partial charge in [0, 0.05) is 17.3 Å². The molecule has 0 aromatic carbocycles. The van der Waals surface area contributed by atoms with E-state index in [4.69, 9.17) is 0 Å². The molecule has 5 heteroatoms. The minimum atomic E-state index is -4.04. The fourth-order valence-electron chi connectivity index (χ4n) is 2.10. The molecular weight excluding hydrogens is 271 g/mol. The molecule has 0 fully saturated rings. The average Bonchev–Trinajstić information content (AvgIpc) is 2.80. The Kier molecular flexibility index (Phi) is 6.86. The SMILES string of the molecule is CCCNC(CCCC(F)(F)F)c1sccc1CC. The van der Waals surface area contributed by atoms with E-state index in [9.17, 15) is 13.2 Å². The van der Waals surface area contributed by atoms with E-state index in [1.807, 2.05) is 5.38 Å². The van der Waals surface area contributed by atoms with Gasteiger partial charge in [0.2, 0.25) is 0 Å². The lowest BCUT2D eigenvalue weighted by atomic mass is 10.0. The number of halogens is 3. The van der Waals surface area contributed by atoms with Crippen LogP contribution in [0.15, 0.2) is 11.4 Å². The van der Waals surface area contributed by atoms with Crippen molar-refractivity contribution in [1.29, 1.82) is 0 Å². The first kappa shape index (κ1) is 16.5. The van der Waals surface area contributed by atoms with E-state index >= 15 is 0 Å². The van der Waals surface area contributed by atoms with Crippen LogP contribution >= 0.6 is 11.3 Å². The Morgan fingerprint density at radius 2 is 2.05 bits per heavy atom. The largest absolute Gasteiger partial charge is 0.389 e. The van der Waals surface area contributed by atoms with Crippen LogP contribution in [-0.4, -0.2) is 12.7 Å². The molecule has 0 amide bonds. The van der Waals surface area contributed by atoms with Crippen molar-refractivity contribution >= 4 is 11.3 Å². The van der Waals surface area contributed by atoms with E-state index in [1.165, 1.54) is 10.4 Å². The average molecular weight is 293 g/mol. The fourth-order valence-corrected chi connectivity index (χ4v) is 3.20. The summed E-state index contributed by atoms with van der Waals surface area (Å²) < 4.78 is 36.7. The van der Waals surface area contributed by atoms with Gasteiger partial charge in [-0.15, -0.1) is 11.3 Å². The molecule has 1 unspecified atom stereocenters. The molecule has 1 rings (SSSR count). The highest BCUT2D eigenvalue weighted by molar-refractivity contribution is 7.10. The molecule has 0 aliphatic heterocycles. The highest BCUT2D eigenvalue weighted by Gasteiger charge is 2.27. The van der Waals surface area contributed by atoms with Crippen molar-refractivity contribution in [2.45, 2.75) is 58.2 Å². The number of hydrogen-bond donors (Lipinski definition) is 1. The number of rotatable bonds is 8. The van der Waals surface area contributed by atoms with Gasteiger partial charge in [-0.2, -0.15) is 13.2 Å². The maximum Gasteiger partial charge on any atom is 0.389 e. The second kappa shape index (κ2) is 7.90. The molecule has 1 N–H and O–H groups in total. The monoisotopic (exact) mass is 293 g/mol. The number of hydrogen-bond acceptors (Lipinski definition) is 2. The van der Waals surface area contributed by atoms with Gasteiger partial charge in [-0.1, -0.05) is 13.8 Å². The van der Waals surface area contributed by atoms with Gasteiger partial charge in [0.1, 0.15) is 0 Å². The predicted octanol–water partition coefficient (Wildman–Crippen LogP) is 5.08. The summed E-state index contributed by atoms with van der Waals surface area (Å²) in [6.07, 6.45) is -2.08. The Labute approximate surface area is 117 Å². The molecule has 1 aromatic rings. The summed E-state index contributed by atoms with van der Waals surface area (Å²) in [5, 5.41) is 5.40. The van der Waals surface area contributed by atoms with E-state index < -0.39 is 12.6 Å². The van der Waals surface area contributed by atoms with Crippen molar-refractivity contribution in [3.8, 4) is 0 Å². The van der Waals surface area contributed by atoms with E-state index in [1.54, 1.807) is 11.3 Å². The van der Waals surface area contributed by atoms with E-state index in [0.29, 0.717) is 6.42 Å². The summed E-state index contributed by atoms with van der Waals surface area (Å²) in [7, 11) is 0. The molecule has 1 aromatic heterocycles. The molecule has 19 heavy (non-hydrogen) atoms. The van der Waals surface area contributed by atoms with Crippen molar-refractivity contribution in [3.63, 3.8) is 0 Å². The first-order valence-corrected chi connectivity index (χ1v) is 7.72. The van der Waals surface area contributed by atoms with Gasteiger partial charge in [-0.25, -0.2) is 0 Å². The highest BCUT2D eigenvalue weighted by atomic mass is 32.1. The van der Waals surface area contributed by atoms with E-state index in [-0.39, 0.29) is 12.5 Å². The van der Waals surface area contributed by atoms with Gasteiger partial charge >= 0.3 is 6.18 Å². The maximum atomic E-state index is 12.2.